The summed E-state index contributed by atoms with van der Waals surface area (Å²) in [4.78, 5) is 20.3. The van der Waals surface area contributed by atoms with Gasteiger partial charge in [0.2, 0.25) is 17.6 Å². The van der Waals surface area contributed by atoms with Crippen molar-refractivity contribution in [2.75, 3.05) is 6.54 Å². The van der Waals surface area contributed by atoms with E-state index in [0.29, 0.717) is 31.1 Å². The van der Waals surface area contributed by atoms with Gasteiger partial charge in [-0.05, 0) is 23.6 Å². The van der Waals surface area contributed by atoms with E-state index in [9.17, 15) is 4.79 Å². The van der Waals surface area contributed by atoms with E-state index in [2.05, 4.69) is 39.5 Å². The minimum Gasteiger partial charge on any atom is -0.355 e. The lowest BCUT2D eigenvalue weighted by molar-refractivity contribution is -0.121. The van der Waals surface area contributed by atoms with Crippen molar-refractivity contribution in [3.63, 3.8) is 0 Å². The van der Waals surface area contributed by atoms with Crippen molar-refractivity contribution >= 4 is 5.91 Å². The quantitative estimate of drug-likeness (QED) is 0.717. The molecule has 0 bridgehead atoms. The number of hydrogen-bond acceptors (Lipinski definition) is 5. The Bertz CT molecular complexity index is 803. The SMILES string of the molecule is CC(CNC(=O)CCc1nc(-c2ccncc2)no1)c1ccccc1. The second kappa shape index (κ2) is 8.19. The predicted octanol–water partition coefficient (Wildman–Crippen LogP) is 2.98. The van der Waals surface area contributed by atoms with E-state index in [1.54, 1.807) is 12.4 Å². The van der Waals surface area contributed by atoms with E-state index in [-0.39, 0.29) is 11.8 Å². The minimum atomic E-state index is -0.0218. The standard InChI is InChI=1S/C19H20N4O2/c1-14(15-5-3-2-4-6-15)13-21-17(24)7-8-18-22-19(23-25-18)16-9-11-20-12-10-16/h2-6,9-12,14H,7-8,13H2,1H3,(H,21,24). The molecule has 0 aliphatic rings. The van der Waals surface area contributed by atoms with Gasteiger partial charge in [0.1, 0.15) is 0 Å². The van der Waals surface area contributed by atoms with Gasteiger partial charge in [-0.25, -0.2) is 0 Å². The fourth-order valence-corrected chi connectivity index (χ4v) is 2.45. The van der Waals surface area contributed by atoms with E-state index >= 15 is 0 Å². The third-order valence-electron chi connectivity index (χ3n) is 3.95. The molecule has 0 radical (unpaired) electrons. The number of aryl methyl sites for hydroxylation is 1. The van der Waals surface area contributed by atoms with Crippen LogP contribution in [0.4, 0.5) is 0 Å². The molecule has 6 nitrogen and oxygen atoms in total. The topological polar surface area (TPSA) is 80.9 Å². The first-order valence-corrected chi connectivity index (χ1v) is 8.27. The third-order valence-corrected chi connectivity index (χ3v) is 3.95. The van der Waals surface area contributed by atoms with Crippen molar-refractivity contribution in [1.29, 1.82) is 0 Å². The van der Waals surface area contributed by atoms with Crippen LogP contribution in [0.2, 0.25) is 0 Å². The molecule has 3 aromatic rings. The Labute approximate surface area is 146 Å². The molecular weight excluding hydrogens is 316 g/mol. The summed E-state index contributed by atoms with van der Waals surface area (Å²) in [5.41, 5.74) is 2.05. The van der Waals surface area contributed by atoms with Crippen molar-refractivity contribution in [3.05, 3.63) is 66.3 Å². The molecule has 3 rings (SSSR count). The molecule has 6 heteroatoms. The summed E-state index contributed by atoms with van der Waals surface area (Å²) in [5, 5.41) is 6.89. The number of aromatic nitrogens is 3. The van der Waals surface area contributed by atoms with Gasteiger partial charge in [0.15, 0.2) is 0 Å². The molecule has 2 aromatic heterocycles. The van der Waals surface area contributed by atoms with Crippen molar-refractivity contribution in [2.24, 2.45) is 0 Å². The number of nitrogens with zero attached hydrogens (tertiary/aromatic N) is 3. The van der Waals surface area contributed by atoms with Gasteiger partial charge in [-0.3, -0.25) is 9.78 Å². The van der Waals surface area contributed by atoms with Crippen LogP contribution >= 0.6 is 0 Å². The minimum absolute atomic E-state index is 0.0218. The number of amides is 1. The molecule has 1 unspecified atom stereocenters. The van der Waals surface area contributed by atoms with Crippen molar-refractivity contribution in [3.8, 4) is 11.4 Å². The largest absolute Gasteiger partial charge is 0.355 e. The highest BCUT2D eigenvalue weighted by atomic mass is 16.5. The summed E-state index contributed by atoms with van der Waals surface area (Å²) < 4.78 is 5.20. The monoisotopic (exact) mass is 336 g/mol. The highest BCUT2D eigenvalue weighted by molar-refractivity contribution is 5.76. The van der Waals surface area contributed by atoms with Crippen LogP contribution in [0.15, 0.2) is 59.4 Å². The lowest BCUT2D eigenvalue weighted by atomic mass is 10.0. The fourth-order valence-electron chi connectivity index (χ4n) is 2.45. The Morgan fingerprint density at radius 3 is 2.68 bits per heavy atom. The van der Waals surface area contributed by atoms with Gasteiger partial charge in [-0.2, -0.15) is 4.98 Å². The van der Waals surface area contributed by atoms with Crippen LogP contribution in [0, 0.1) is 0 Å². The molecule has 1 atom stereocenters. The molecule has 1 N–H and O–H groups in total. The van der Waals surface area contributed by atoms with Crippen LogP contribution in [0.1, 0.15) is 30.7 Å². The molecule has 0 saturated carbocycles. The molecule has 128 valence electrons. The highest BCUT2D eigenvalue weighted by Crippen LogP contribution is 2.15. The van der Waals surface area contributed by atoms with Crippen LogP contribution in [-0.2, 0) is 11.2 Å². The maximum Gasteiger partial charge on any atom is 0.227 e. The average Bonchev–Trinajstić information content (AvgIpc) is 3.15. The van der Waals surface area contributed by atoms with E-state index in [1.165, 1.54) is 5.56 Å². The zero-order chi connectivity index (χ0) is 17.5. The molecule has 0 fully saturated rings. The smallest absolute Gasteiger partial charge is 0.227 e. The number of hydrogen-bond donors (Lipinski definition) is 1. The zero-order valence-electron chi connectivity index (χ0n) is 14.1. The second-order valence-corrected chi connectivity index (χ2v) is 5.86. The number of carbonyl (C=O) groups excluding carboxylic acids is 1. The second-order valence-electron chi connectivity index (χ2n) is 5.86. The van der Waals surface area contributed by atoms with Gasteiger partial charge >= 0.3 is 0 Å². The van der Waals surface area contributed by atoms with E-state index in [0.717, 1.165) is 5.56 Å². The van der Waals surface area contributed by atoms with Crippen LogP contribution in [-0.4, -0.2) is 27.6 Å². The Morgan fingerprint density at radius 1 is 1.16 bits per heavy atom. The van der Waals surface area contributed by atoms with E-state index < -0.39 is 0 Å². The number of carbonyl (C=O) groups is 1. The summed E-state index contributed by atoms with van der Waals surface area (Å²) in [5.74, 6) is 1.21. The lowest BCUT2D eigenvalue weighted by Crippen LogP contribution is -2.27. The number of nitrogens with one attached hydrogen (secondary N) is 1. The summed E-state index contributed by atoms with van der Waals surface area (Å²) >= 11 is 0. The molecule has 1 amide bonds. The highest BCUT2D eigenvalue weighted by Gasteiger charge is 2.11. The maximum atomic E-state index is 12.0. The normalized spacial score (nSPS) is 11.9. The van der Waals surface area contributed by atoms with Crippen molar-refractivity contribution < 1.29 is 9.32 Å². The summed E-state index contributed by atoms with van der Waals surface area (Å²) in [6, 6.07) is 13.7. The first kappa shape index (κ1) is 16.8. The Kier molecular flexibility index (Phi) is 5.51. The molecule has 1 aromatic carbocycles. The first-order chi connectivity index (χ1) is 12.2. The number of pyridine rings is 1. The van der Waals surface area contributed by atoms with Crippen LogP contribution in [0.5, 0.6) is 0 Å². The van der Waals surface area contributed by atoms with Gasteiger partial charge < -0.3 is 9.84 Å². The Morgan fingerprint density at radius 2 is 1.92 bits per heavy atom. The van der Waals surface area contributed by atoms with Crippen molar-refractivity contribution in [1.82, 2.24) is 20.4 Å². The Balaban J connectivity index is 1.46. The predicted molar refractivity (Wildman–Crippen MR) is 93.7 cm³/mol. The van der Waals surface area contributed by atoms with E-state index in [4.69, 9.17) is 4.52 Å². The van der Waals surface area contributed by atoms with Gasteiger partial charge in [0.25, 0.3) is 0 Å². The summed E-state index contributed by atoms with van der Waals surface area (Å²) in [6.07, 6.45) is 4.09. The molecule has 0 saturated heterocycles. The first-order valence-electron chi connectivity index (χ1n) is 8.27. The lowest BCUT2D eigenvalue weighted by Gasteiger charge is -2.12. The molecule has 25 heavy (non-hydrogen) atoms. The summed E-state index contributed by atoms with van der Waals surface area (Å²) in [6.45, 7) is 2.70. The van der Waals surface area contributed by atoms with Gasteiger partial charge in [0, 0.05) is 37.3 Å². The average molecular weight is 336 g/mol. The van der Waals surface area contributed by atoms with Crippen LogP contribution in [0.3, 0.4) is 0 Å². The molecule has 0 aliphatic heterocycles. The number of benzene rings is 1. The van der Waals surface area contributed by atoms with Gasteiger partial charge in [0.05, 0.1) is 0 Å². The van der Waals surface area contributed by atoms with Gasteiger partial charge in [-0.15, -0.1) is 0 Å². The fraction of sp³-hybridized carbons (Fsp3) is 0.263. The summed E-state index contributed by atoms with van der Waals surface area (Å²) in [7, 11) is 0. The Hall–Kier alpha value is -3.02. The number of rotatable bonds is 7. The molecule has 0 aliphatic carbocycles. The van der Waals surface area contributed by atoms with Crippen LogP contribution < -0.4 is 5.32 Å². The van der Waals surface area contributed by atoms with Crippen molar-refractivity contribution in [2.45, 2.75) is 25.7 Å². The molecule has 0 spiro atoms. The van der Waals surface area contributed by atoms with Crippen LogP contribution in [0.25, 0.3) is 11.4 Å². The molecule has 2 heterocycles. The maximum absolute atomic E-state index is 12.0. The third kappa shape index (κ3) is 4.73. The zero-order valence-corrected chi connectivity index (χ0v) is 14.1. The van der Waals surface area contributed by atoms with Gasteiger partial charge in [-0.1, -0.05) is 42.4 Å². The van der Waals surface area contributed by atoms with E-state index in [1.807, 2.05) is 30.3 Å². The molecular formula is C19H20N4O2.